The van der Waals surface area contributed by atoms with Crippen LogP contribution in [0.4, 0.5) is 13.2 Å². The maximum absolute atomic E-state index is 12.7. The van der Waals surface area contributed by atoms with Gasteiger partial charge in [-0.15, -0.1) is 11.3 Å². The lowest BCUT2D eigenvalue weighted by atomic mass is 10.1. The number of hydrogen-bond donors (Lipinski definition) is 1. The second-order valence-corrected chi connectivity index (χ2v) is 6.56. The minimum Gasteiger partial charge on any atom is -0.350 e. The number of amides is 1. The van der Waals surface area contributed by atoms with Gasteiger partial charge in [-0.2, -0.15) is 13.2 Å². The van der Waals surface area contributed by atoms with Crippen LogP contribution in [0.3, 0.4) is 0 Å². The van der Waals surface area contributed by atoms with Gasteiger partial charge < -0.3 is 9.88 Å². The van der Waals surface area contributed by atoms with Crippen molar-refractivity contribution in [3.63, 3.8) is 0 Å². The number of hydrogen-bond acceptors (Lipinski definition) is 4. The summed E-state index contributed by atoms with van der Waals surface area (Å²) in [7, 11) is 0. The number of halogens is 3. The fraction of sp³-hybridized carbons (Fsp3) is 0.235. The maximum Gasteiger partial charge on any atom is 0.416 e. The van der Waals surface area contributed by atoms with Crippen LogP contribution in [0, 0.1) is 6.92 Å². The van der Waals surface area contributed by atoms with Crippen LogP contribution in [0.1, 0.15) is 16.8 Å². The predicted octanol–water partition coefficient (Wildman–Crippen LogP) is 3.65. The number of thiazole rings is 1. The Labute approximate surface area is 151 Å². The average Bonchev–Trinajstić information content (AvgIpc) is 3.21. The zero-order valence-corrected chi connectivity index (χ0v) is 14.6. The molecular formula is C17H15F3N4OS. The molecule has 1 N–H and O–H groups in total. The number of imidazole rings is 1. The molecular weight excluding hydrogens is 365 g/mol. The summed E-state index contributed by atoms with van der Waals surface area (Å²) in [5.74, 6) is -0.318. The molecule has 0 bridgehead atoms. The fourth-order valence-corrected chi connectivity index (χ4v) is 3.07. The van der Waals surface area contributed by atoms with Crippen molar-refractivity contribution in [2.24, 2.45) is 0 Å². The van der Waals surface area contributed by atoms with Gasteiger partial charge in [0, 0.05) is 23.8 Å². The summed E-state index contributed by atoms with van der Waals surface area (Å²) in [5.41, 5.74) is 1.23. The van der Waals surface area contributed by atoms with Crippen molar-refractivity contribution in [3.05, 3.63) is 59.0 Å². The Hall–Kier alpha value is -2.68. The smallest absolute Gasteiger partial charge is 0.350 e. The van der Waals surface area contributed by atoms with Gasteiger partial charge in [0.2, 0.25) is 5.91 Å². The largest absolute Gasteiger partial charge is 0.416 e. The molecule has 2 aromatic heterocycles. The lowest BCUT2D eigenvalue weighted by Crippen LogP contribution is -2.26. The fourth-order valence-electron chi connectivity index (χ4n) is 2.31. The van der Waals surface area contributed by atoms with E-state index >= 15 is 0 Å². The van der Waals surface area contributed by atoms with Crippen LogP contribution in [0.2, 0.25) is 0 Å². The Bertz CT molecular complexity index is 917. The third kappa shape index (κ3) is 4.48. The number of rotatable bonds is 5. The number of aromatic nitrogens is 3. The average molecular weight is 380 g/mol. The zero-order valence-electron chi connectivity index (χ0n) is 13.7. The molecule has 3 rings (SSSR count). The van der Waals surface area contributed by atoms with Crippen LogP contribution in [-0.2, 0) is 24.1 Å². The van der Waals surface area contributed by atoms with E-state index in [4.69, 9.17) is 0 Å². The molecule has 0 atom stereocenters. The normalized spacial score (nSPS) is 11.5. The summed E-state index contributed by atoms with van der Waals surface area (Å²) in [4.78, 5) is 20.6. The SMILES string of the molecule is Cc1csc(-c2cn(CC(=O)NCc3cccc(C(F)(F)F)c3)cn2)n1. The first-order valence-corrected chi connectivity index (χ1v) is 8.56. The highest BCUT2D eigenvalue weighted by Gasteiger charge is 2.30. The highest BCUT2D eigenvalue weighted by Crippen LogP contribution is 2.29. The van der Waals surface area contributed by atoms with Crippen molar-refractivity contribution in [2.45, 2.75) is 26.2 Å². The van der Waals surface area contributed by atoms with E-state index in [1.165, 1.54) is 29.8 Å². The Kier molecular flexibility index (Phi) is 5.08. The molecule has 0 aliphatic heterocycles. The van der Waals surface area contributed by atoms with E-state index in [1.807, 2.05) is 12.3 Å². The minimum absolute atomic E-state index is 0.0238. The monoisotopic (exact) mass is 380 g/mol. The maximum atomic E-state index is 12.7. The van der Waals surface area contributed by atoms with Crippen LogP contribution in [0.25, 0.3) is 10.7 Å². The number of carbonyl (C=O) groups is 1. The summed E-state index contributed by atoms with van der Waals surface area (Å²) in [6.45, 7) is 1.94. The molecule has 1 amide bonds. The lowest BCUT2D eigenvalue weighted by molar-refractivity contribution is -0.137. The van der Waals surface area contributed by atoms with Crippen LogP contribution in [0.5, 0.6) is 0 Å². The summed E-state index contributed by atoms with van der Waals surface area (Å²) in [6, 6.07) is 4.89. The molecule has 0 fully saturated rings. The van der Waals surface area contributed by atoms with Gasteiger partial charge in [-0.3, -0.25) is 4.79 Å². The van der Waals surface area contributed by atoms with Gasteiger partial charge in [0.05, 0.1) is 11.9 Å². The van der Waals surface area contributed by atoms with Crippen LogP contribution >= 0.6 is 11.3 Å². The second-order valence-electron chi connectivity index (χ2n) is 5.70. The molecule has 0 aliphatic rings. The number of nitrogens with zero attached hydrogens (tertiary/aromatic N) is 3. The number of carbonyl (C=O) groups excluding carboxylic acids is 1. The van der Waals surface area contributed by atoms with Crippen molar-refractivity contribution in [1.29, 1.82) is 0 Å². The van der Waals surface area contributed by atoms with E-state index in [9.17, 15) is 18.0 Å². The molecule has 1 aromatic carbocycles. The van der Waals surface area contributed by atoms with Crippen molar-refractivity contribution in [3.8, 4) is 10.7 Å². The van der Waals surface area contributed by atoms with E-state index < -0.39 is 11.7 Å². The van der Waals surface area contributed by atoms with Crippen molar-refractivity contribution in [2.75, 3.05) is 0 Å². The highest BCUT2D eigenvalue weighted by atomic mass is 32.1. The highest BCUT2D eigenvalue weighted by molar-refractivity contribution is 7.13. The zero-order chi connectivity index (χ0) is 18.7. The second kappa shape index (κ2) is 7.28. The van der Waals surface area contributed by atoms with Crippen molar-refractivity contribution < 1.29 is 18.0 Å². The van der Waals surface area contributed by atoms with Gasteiger partial charge in [-0.1, -0.05) is 12.1 Å². The Morgan fingerprint density at radius 2 is 2.15 bits per heavy atom. The standard InChI is InChI=1S/C17H15F3N4OS/c1-11-9-26-16(23-11)14-7-24(10-22-14)8-15(25)21-6-12-3-2-4-13(5-12)17(18,19)20/h2-5,7,9-10H,6,8H2,1H3,(H,21,25). The Balaban J connectivity index is 1.57. The van der Waals surface area contributed by atoms with Gasteiger partial charge in [0.1, 0.15) is 17.2 Å². The molecule has 0 unspecified atom stereocenters. The molecule has 2 heterocycles. The Morgan fingerprint density at radius 3 is 2.85 bits per heavy atom. The predicted molar refractivity (Wildman–Crippen MR) is 91.4 cm³/mol. The topological polar surface area (TPSA) is 59.8 Å². The first-order valence-electron chi connectivity index (χ1n) is 7.68. The van der Waals surface area contributed by atoms with Crippen LogP contribution in [-0.4, -0.2) is 20.4 Å². The van der Waals surface area contributed by atoms with Crippen molar-refractivity contribution in [1.82, 2.24) is 19.9 Å². The van der Waals surface area contributed by atoms with E-state index in [0.717, 1.165) is 22.8 Å². The van der Waals surface area contributed by atoms with Gasteiger partial charge in [-0.25, -0.2) is 9.97 Å². The van der Waals surface area contributed by atoms with Crippen molar-refractivity contribution >= 4 is 17.2 Å². The van der Waals surface area contributed by atoms with Gasteiger partial charge in [-0.05, 0) is 24.6 Å². The molecule has 9 heteroatoms. The number of nitrogens with one attached hydrogen (secondary N) is 1. The molecule has 136 valence electrons. The van der Waals surface area contributed by atoms with Crippen LogP contribution in [0.15, 0.2) is 42.2 Å². The molecule has 0 radical (unpaired) electrons. The lowest BCUT2D eigenvalue weighted by Gasteiger charge is -2.09. The van der Waals surface area contributed by atoms with E-state index in [1.54, 1.807) is 10.8 Å². The quantitative estimate of drug-likeness (QED) is 0.735. The van der Waals surface area contributed by atoms with E-state index in [2.05, 4.69) is 15.3 Å². The molecule has 3 aromatic rings. The van der Waals surface area contributed by atoms with Gasteiger partial charge in [0.15, 0.2) is 0 Å². The molecule has 0 aliphatic carbocycles. The number of aryl methyl sites for hydroxylation is 1. The molecule has 0 saturated heterocycles. The van der Waals surface area contributed by atoms with Gasteiger partial charge in [0.25, 0.3) is 0 Å². The first-order chi connectivity index (χ1) is 12.3. The van der Waals surface area contributed by atoms with E-state index in [0.29, 0.717) is 11.3 Å². The first kappa shape index (κ1) is 18.1. The molecule has 5 nitrogen and oxygen atoms in total. The minimum atomic E-state index is -4.40. The van der Waals surface area contributed by atoms with E-state index in [-0.39, 0.29) is 19.0 Å². The summed E-state index contributed by atoms with van der Waals surface area (Å²) >= 11 is 1.47. The number of benzene rings is 1. The summed E-state index contributed by atoms with van der Waals surface area (Å²) in [5, 5.41) is 5.29. The number of alkyl halides is 3. The van der Waals surface area contributed by atoms with Gasteiger partial charge >= 0.3 is 6.18 Å². The molecule has 26 heavy (non-hydrogen) atoms. The van der Waals surface area contributed by atoms with Crippen LogP contribution < -0.4 is 5.32 Å². The summed E-state index contributed by atoms with van der Waals surface area (Å²) in [6.07, 6.45) is -1.17. The third-order valence-electron chi connectivity index (χ3n) is 3.54. The third-order valence-corrected chi connectivity index (χ3v) is 4.52. The Morgan fingerprint density at radius 1 is 1.35 bits per heavy atom. The molecule has 0 saturated carbocycles. The summed E-state index contributed by atoms with van der Waals surface area (Å²) < 4.78 is 39.7. The molecule has 0 spiro atoms.